The van der Waals surface area contributed by atoms with Gasteiger partial charge in [-0.15, -0.1) is 0 Å². The molecule has 0 spiro atoms. The molecule has 6 heteroatoms. The summed E-state index contributed by atoms with van der Waals surface area (Å²) in [6.45, 7) is 5.08. The zero-order chi connectivity index (χ0) is 16.7. The Morgan fingerprint density at radius 1 is 1.35 bits per heavy atom. The second-order valence-corrected chi connectivity index (χ2v) is 6.80. The van der Waals surface area contributed by atoms with Gasteiger partial charge in [-0.3, -0.25) is 0 Å². The van der Waals surface area contributed by atoms with Crippen molar-refractivity contribution in [3.63, 3.8) is 0 Å². The normalized spacial score (nSPS) is 17.1. The minimum absolute atomic E-state index is 0.0432. The highest BCUT2D eigenvalue weighted by atomic mass is 35.5. The molecule has 128 valence electrons. The number of nitrogens with one attached hydrogen (secondary N) is 1. The smallest absolute Gasteiger partial charge is 0.317 e. The highest BCUT2D eigenvalue weighted by Gasteiger charge is 2.31. The first-order chi connectivity index (χ1) is 11.0. The van der Waals surface area contributed by atoms with Gasteiger partial charge in [0.05, 0.1) is 13.2 Å². The average Bonchev–Trinajstić information content (AvgIpc) is 2.57. The van der Waals surface area contributed by atoms with Gasteiger partial charge in [0, 0.05) is 31.3 Å². The van der Waals surface area contributed by atoms with Gasteiger partial charge in [0.1, 0.15) is 0 Å². The molecule has 0 aliphatic carbocycles. The number of amides is 2. The lowest BCUT2D eigenvalue weighted by Gasteiger charge is -2.38. The number of carbonyl (C=O) groups excluding carboxylic acids is 1. The van der Waals surface area contributed by atoms with Crippen molar-refractivity contribution in [1.29, 1.82) is 0 Å². The molecule has 1 aliphatic rings. The van der Waals surface area contributed by atoms with E-state index >= 15 is 0 Å². The maximum atomic E-state index is 12.1. The molecule has 1 aromatic carbocycles. The van der Waals surface area contributed by atoms with Crippen LogP contribution in [-0.4, -0.2) is 48.9 Å². The van der Waals surface area contributed by atoms with Gasteiger partial charge < -0.3 is 20.1 Å². The molecule has 0 radical (unpaired) electrons. The predicted molar refractivity (Wildman–Crippen MR) is 90.5 cm³/mol. The summed E-state index contributed by atoms with van der Waals surface area (Å²) in [5.41, 5.74) is 1.01. The number of nitrogens with zero attached hydrogens (tertiary/aromatic N) is 1. The Kier molecular flexibility index (Phi) is 6.69. The molecule has 0 unspecified atom stereocenters. The Bertz CT molecular complexity index is 499. The number of piperidine rings is 1. The van der Waals surface area contributed by atoms with E-state index in [-0.39, 0.29) is 18.1 Å². The van der Waals surface area contributed by atoms with Crippen molar-refractivity contribution in [2.45, 2.75) is 26.4 Å². The first-order valence-corrected chi connectivity index (χ1v) is 8.36. The molecule has 0 bridgehead atoms. The number of halogens is 1. The lowest BCUT2D eigenvalue weighted by atomic mass is 9.81. The number of hydrogen-bond donors (Lipinski definition) is 2. The second-order valence-electron chi connectivity index (χ2n) is 6.37. The Morgan fingerprint density at radius 3 is 2.61 bits per heavy atom. The lowest BCUT2D eigenvalue weighted by Crippen LogP contribution is -2.48. The number of aliphatic hydroxyl groups excluding tert-OH is 1. The van der Waals surface area contributed by atoms with Gasteiger partial charge in [-0.05, 0) is 36.0 Å². The number of urea groups is 1. The van der Waals surface area contributed by atoms with Crippen LogP contribution in [0.15, 0.2) is 24.3 Å². The van der Waals surface area contributed by atoms with Crippen LogP contribution < -0.4 is 5.32 Å². The lowest BCUT2D eigenvalue weighted by molar-refractivity contribution is 0.0688. The van der Waals surface area contributed by atoms with Crippen molar-refractivity contribution in [1.82, 2.24) is 10.2 Å². The third kappa shape index (κ3) is 5.68. The van der Waals surface area contributed by atoms with Gasteiger partial charge in [-0.2, -0.15) is 0 Å². The maximum Gasteiger partial charge on any atom is 0.317 e. The Balaban J connectivity index is 1.59. The van der Waals surface area contributed by atoms with E-state index in [2.05, 4.69) is 12.2 Å². The van der Waals surface area contributed by atoms with E-state index in [0.717, 1.165) is 18.4 Å². The third-order valence-electron chi connectivity index (χ3n) is 4.34. The molecule has 0 atom stereocenters. The van der Waals surface area contributed by atoms with Crippen molar-refractivity contribution in [3.05, 3.63) is 34.9 Å². The fraction of sp³-hybridized carbons (Fsp3) is 0.588. The summed E-state index contributed by atoms with van der Waals surface area (Å²) < 4.78 is 5.54. The zero-order valence-electron chi connectivity index (χ0n) is 13.6. The number of rotatable bonds is 6. The third-order valence-corrected chi connectivity index (χ3v) is 4.60. The summed E-state index contributed by atoms with van der Waals surface area (Å²) in [4.78, 5) is 13.9. The maximum absolute atomic E-state index is 12.1. The SMILES string of the molecule is CC1(CO)CCN(C(=O)NCCOCc2ccc(Cl)cc2)CC1. The molecule has 1 heterocycles. The molecule has 1 aromatic rings. The van der Waals surface area contributed by atoms with E-state index in [1.807, 2.05) is 24.3 Å². The van der Waals surface area contributed by atoms with Gasteiger partial charge in [-0.1, -0.05) is 30.7 Å². The van der Waals surface area contributed by atoms with E-state index in [1.165, 1.54) is 0 Å². The van der Waals surface area contributed by atoms with Crippen LogP contribution in [0.2, 0.25) is 5.02 Å². The van der Waals surface area contributed by atoms with Crippen molar-refractivity contribution >= 4 is 17.6 Å². The van der Waals surface area contributed by atoms with Gasteiger partial charge in [0.25, 0.3) is 0 Å². The van der Waals surface area contributed by atoms with Crippen LogP contribution in [0.4, 0.5) is 4.79 Å². The molecule has 2 rings (SSSR count). The van der Waals surface area contributed by atoms with Gasteiger partial charge in [-0.25, -0.2) is 4.79 Å². The number of ether oxygens (including phenoxy) is 1. The first-order valence-electron chi connectivity index (χ1n) is 7.98. The first kappa shape index (κ1) is 18.0. The van der Waals surface area contributed by atoms with Crippen LogP contribution in [-0.2, 0) is 11.3 Å². The minimum atomic E-state index is -0.0555. The summed E-state index contributed by atoms with van der Waals surface area (Å²) in [6.07, 6.45) is 1.67. The van der Waals surface area contributed by atoms with E-state index in [0.29, 0.717) is 37.9 Å². The van der Waals surface area contributed by atoms with E-state index in [9.17, 15) is 9.90 Å². The van der Waals surface area contributed by atoms with Crippen LogP contribution >= 0.6 is 11.6 Å². The van der Waals surface area contributed by atoms with E-state index < -0.39 is 0 Å². The molecule has 5 nitrogen and oxygen atoms in total. The van der Waals surface area contributed by atoms with Gasteiger partial charge >= 0.3 is 6.03 Å². The van der Waals surface area contributed by atoms with Crippen molar-refractivity contribution in [2.75, 3.05) is 32.8 Å². The quantitative estimate of drug-likeness (QED) is 0.783. The van der Waals surface area contributed by atoms with Gasteiger partial charge in [0.15, 0.2) is 0 Å². The largest absolute Gasteiger partial charge is 0.396 e. The molecular weight excluding hydrogens is 316 g/mol. The number of carbonyl (C=O) groups is 1. The molecule has 1 fully saturated rings. The topological polar surface area (TPSA) is 61.8 Å². The van der Waals surface area contributed by atoms with Crippen molar-refractivity contribution < 1.29 is 14.6 Å². The number of likely N-dealkylation sites (tertiary alicyclic amines) is 1. The van der Waals surface area contributed by atoms with Crippen molar-refractivity contribution in [2.24, 2.45) is 5.41 Å². The van der Waals surface area contributed by atoms with Crippen LogP contribution in [0.3, 0.4) is 0 Å². The number of hydrogen-bond acceptors (Lipinski definition) is 3. The highest BCUT2D eigenvalue weighted by Crippen LogP contribution is 2.29. The average molecular weight is 341 g/mol. The molecule has 0 aromatic heterocycles. The fourth-order valence-corrected chi connectivity index (χ4v) is 2.65. The monoisotopic (exact) mass is 340 g/mol. The van der Waals surface area contributed by atoms with Crippen LogP contribution in [0.1, 0.15) is 25.3 Å². The van der Waals surface area contributed by atoms with Crippen LogP contribution in [0.25, 0.3) is 0 Å². The highest BCUT2D eigenvalue weighted by molar-refractivity contribution is 6.30. The van der Waals surface area contributed by atoms with Crippen molar-refractivity contribution in [3.8, 4) is 0 Å². The van der Waals surface area contributed by atoms with Crippen LogP contribution in [0.5, 0.6) is 0 Å². The standard InChI is InChI=1S/C17H25ClN2O3/c1-17(13-21)6-9-20(10-7-17)16(22)19-8-11-23-12-14-2-4-15(18)5-3-14/h2-5,21H,6-13H2,1H3,(H,19,22). The second kappa shape index (κ2) is 8.52. The Morgan fingerprint density at radius 2 is 2.00 bits per heavy atom. The van der Waals surface area contributed by atoms with E-state index in [4.69, 9.17) is 16.3 Å². The Hall–Kier alpha value is -1.30. The summed E-state index contributed by atoms with van der Waals surface area (Å²) in [5, 5.41) is 12.9. The molecule has 1 saturated heterocycles. The van der Waals surface area contributed by atoms with E-state index in [1.54, 1.807) is 4.90 Å². The molecule has 2 N–H and O–H groups in total. The molecule has 1 aliphatic heterocycles. The summed E-state index contributed by atoms with van der Waals surface area (Å²) in [6, 6.07) is 7.46. The predicted octanol–water partition coefficient (Wildman–Crippen LogP) is 2.66. The molecule has 0 saturated carbocycles. The molecule has 23 heavy (non-hydrogen) atoms. The summed E-state index contributed by atoms with van der Waals surface area (Å²) in [7, 11) is 0. The number of benzene rings is 1. The summed E-state index contributed by atoms with van der Waals surface area (Å²) in [5.74, 6) is 0. The fourth-order valence-electron chi connectivity index (χ4n) is 2.52. The molecular formula is C17H25ClN2O3. The zero-order valence-corrected chi connectivity index (χ0v) is 14.3. The summed E-state index contributed by atoms with van der Waals surface area (Å²) >= 11 is 5.82. The minimum Gasteiger partial charge on any atom is -0.396 e. The van der Waals surface area contributed by atoms with Crippen LogP contribution in [0, 0.1) is 5.41 Å². The number of aliphatic hydroxyl groups is 1. The Labute approximate surface area is 142 Å². The van der Waals surface area contributed by atoms with Gasteiger partial charge in [0.2, 0.25) is 0 Å². The molecule has 2 amide bonds.